The van der Waals surface area contributed by atoms with Gasteiger partial charge in [-0.1, -0.05) is 12.1 Å². The number of aliphatic hydroxyl groups is 1. The number of alkyl halides is 2. The molecule has 102 valence electrons. The molecular formula is C12H16F3NO2. The molecule has 0 spiro atoms. The van der Waals surface area contributed by atoms with E-state index in [1.54, 1.807) is 6.07 Å². The summed E-state index contributed by atoms with van der Waals surface area (Å²) in [6.45, 7) is -0.676. The monoisotopic (exact) mass is 263 g/mol. The van der Waals surface area contributed by atoms with Crippen LogP contribution in [0, 0.1) is 5.82 Å². The highest BCUT2D eigenvalue weighted by Crippen LogP contribution is 2.21. The number of hydrogen-bond donors (Lipinski definition) is 1. The summed E-state index contributed by atoms with van der Waals surface area (Å²) < 4.78 is 43.3. The molecule has 1 aromatic carbocycles. The van der Waals surface area contributed by atoms with Crippen molar-refractivity contribution in [2.45, 2.75) is 13.0 Å². The molecule has 0 aliphatic carbocycles. The lowest BCUT2D eigenvalue weighted by atomic mass is 10.2. The first kappa shape index (κ1) is 14.8. The zero-order valence-corrected chi connectivity index (χ0v) is 10.1. The van der Waals surface area contributed by atoms with Crippen molar-refractivity contribution in [3.05, 3.63) is 29.6 Å². The van der Waals surface area contributed by atoms with E-state index in [2.05, 4.69) is 0 Å². The quantitative estimate of drug-likeness (QED) is 0.815. The van der Waals surface area contributed by atoms with Crippen LogP contribution in [0.4, 0.5) is 13.2 Å². The molecule has 0 amide bonds. The molecule has 0 bridgehead atoms. The summed E-state index contributed by atoms with van der Waals surface area (Å²) in [7, 11) is 1.34. The van der Waals surface area contributed by atoms with Crippen LogP contribution in [-0.4, -0.2) is 43.2 Å². The van der Waals surface area contributed by atoms with Crippen LogP contribution in [0.1, 0.15) is 5.56 Å². The zero-order chi connectivity index (χ0) is 13.5. The van der Waals surface area contributed by atoms with Gasteiger partial charge in [0.25, 0.3) is 6.43 Å². The molecule has 0 aliphatic heterocycles. The summed E-state index contributed by atoms with van der Waals surface area (Å²) >= 11 is 0. The van der Waals surface area contributed by atoms with E-state index >= 15 is 0 Å². The van der Waals surface area contributed by atoms with Crippen LogP contribution in [0.2, 0.25) is 0 Å². The van der Waals surface area contributed by atoms with Gasteiger partial charge in [0.05, 0.1) is 20.3 Å². The zero-order valence-electron chi connectivity index (χ0n) is 10.1. The Morgan fingerprint density at radius 3 is 2.67 bits per heavy atom. The third-order valence-corrected chi connectivity index (χ3v) is 2.47. The molecule has 0 unspecified atom stereocenters. The SMILES string of the molecule is COc1cccc(CN(CCO)CC(F)F)c1F. The molecule has 6 heteroatoms. The van der Waals surface area contributed by atoms with Gasteiger partial charge >= 0.3 is 0 Å². The van der Waals surface area contributed by atoms with Gasteiger partial charge in [-0.05, 0) is 6.07 Å². The third-order valence-electron chi connectivity index (χ3n) is 2.47. The van der Waals surface area contributed by atoms with Crippen LogP contribution in [0.25, 0.3) is 0 Å². The van der Waals surface area contributed by atoms with Crippen molar-refractivity contribution in [2.24, 2.45) is 0 Å². The second-order valence-corrected chi connectivity index (χ2v) is 3.78. The normalized spacial score (nSPS) is 11.3. The third kappa shape index (κ3) is 4.19. The number of halogens is 3. The van der Waals surface area contributed by atoms with Crippen molar-refractivity contribution in [1.29, 1.82) is 0 Å². The van der Waals surface area contributed by atoms with Crippen LogP contribution in [0.15, 0.2) is 18.2 Å². The van der Waals surface area contributed by atoms with Crippen molar-refractivity contribution in [3.8, 4) is 5.75 Å². The molecule has 1 rings (SSSR count). The molecule has 18 heavy (non-hydrogen) atoms. The summed E-state index contributed by atoms with van der Waals surface area (Å²) in [4.78, 5) is 1.29. The topological polar surface area (TPSA) is 32.7 Å². The van der Waals surface area contributed by atoms with Gasteiger partial charge in [0.15, 0.2) is 11.6 Å². The number of ether oxygens (including phenoxy) is 1. The lowest BCUT2D eigenvalue weighted by molar-refractivity contribution is 0.0740. The summed E-state index contributed by atoms with van der Waals surface area (Å²) in [6.07, 6.45) is -2.52. The minimum absolute atomic E-state index is 0.00787. The Balaban J connectivity index is 2.79. The second-order valence-electron chi connectivity index (χ2n) is 3.78. The van der Waals surface area contributed by atoms with Gasteiger partial charge in [-0.3, -0.25) is 4.90 Å². The van der Waals surface area contributed by atoms with Crippen molar-refractivity contribution < 1.29 is 23.0 Å². The Hall–Kier alpha value is -1.27. The fraction of sp³-hybridized carbons (Fsp3) is 0.500. The lowest BCUT2D eigenvalue weighted by Crippen LogP contribution is -2.31. The lowest BCUT2D eigenvalue weighted by Gasteiger charge is -2.21. The van der Waals surface area contributed by atoms with E-state index < -0.39 is 18.8 Å². The summed E-state index contributed by atoms with van der Waals surface area (Å²) in [5, 5.41) is 8.79. The number of rotatable bonds is 7. The maximum absolute atomic E-state index is 13.8. The number of benzene rings is 1. The molecule has 0 saturated heterocycles. The van der Waals surface area contributed by atoms with E-state index in [9.17, 15) is 13.2 Å². The maximum Gasteiger partial charge on any atom is 0.251 e. The Bertz CT molecular complexity index is 374. The van der Waals surface area contributed by atoms with E-state index in [-0.39, 0.29) is 31.0 Å². The smallest absolute Gasteiger partial charge is 0.251 e. The van der Waals surface area contributed by atoms with Gasteiger partial charge in [-0.15, -0.1) is 0 Å². The predicted molar refractivity (Wildman–Crippen MR) is 61.3 cm³/mol. The molecule has 0 radical (unpaired) electrons. The standard InChI is InChI=1S/C12H16F3NO2/c1-18-10-4-2-3-9(12(10)15)7-16(5-6-17)8-11(13)14/h2-4,11,17H,5-8H2,1H3. The fourth-order valence-electron chi connectivity index (χ4n) is 1.65. The fourth-order valence-corrected chi connectivity index (χ4v) is 1.65. The van der Waals surface area contributed by atoms with Crippen LogP contribution in [0.3, 0.4) is 0 Å². The van der Waals surface area contributed by atoms with Crippen LogP contribution >= 0.6 is 0 Å². The molecule has 0 atom stereocenters. The summed E-state index contributed by atoms with van der Waals surface area (Å²) in [5.74, 6) is -0.481. The van der Waals surface area contributed by atoms with E-state index in [4.69, 9.17) is 9.84 Å². The number of hydrogen-bond acceptors (Lipinski definition) is 3. The average molecular weight is 263 g/mol. The van der Waals surface area contributed by atoms with Gasteiger partial charge in [0, 0.05) is 18.7 Å². The number of aliphatic hydroxyl groups excluding tert-OH is 1. The first-order chi connectivity index (χ1) is 8.58. The highest BCUT2D eigenvalue weighted by Gasteiger charge is 2.15. The molecule has 0 aromatic heterocycles. The van der Waals surface area contributed by atoms with Crippen molar-refractivity contribution >= 4 is 0 Å². The second kappa shape index (κ2) is 7.23. The van der Waals surface area contributed by atoms with Gasteiger partial charge < -0.3 is 9.84 Å². The van der Waals surface area contributed by atoms with Crippen molar-refractivity contribution in [1.82, 2.24) is 4.90 Å². The predicted octanol–water partition coefficient (Wildman–Crippen LogP) is 1.89. The van der Waals surface area contributed by atoms with Gasteiger partial charge in [-0.2, -0.15) is 0 Å². The summed E-state index contributed by atoms with van der Waals surface area (Å²) in [5.41, 5.74) is 0.267. The Labute approximate surface area is 104 Å². The molecule has 0 heterocycles. The molecule has 0 saturated carbocycles. The first-order valence-corrected chi connectivity index (χ1v) is 5.51. The van der Waals surface area contributed by atoms with E-state index in [0.717, 1.165) is 0 Å². The average Bonchev–Trinajstić information content (AvgIpc) is 2.31. The van der Waals surface area contributed by atoms with Gasteiger partial charge in [0.1, 0.15) is 0 Å². The highest BCUT2D eigenvalue weighted by molar-refractivity contribution is 5.30. The maximum atomic E-state index is 13.8. The van der Waals surface area contributed by atoms with Crippen LogP contribution < -0.4 is 4.74 Å². The van der Waals surface area contributed by atoms with E-state index in [1.165, 1.54) is 24.1 Å². The van der Waals surface area contributed by atoms with Crippen LogP contribution in [-0.2, 0) is 6.54 Å². The van der Waals surface area contributed by atoms with E-state index in [1.807, 2.05) is 0 Å². The summed E-state index contributed by atoms with van der Waals surface area (Å²) in [6, 6.07) is 4.56. The Morgan fingerprint density at radius 2 is 2.11 bits per heavy atom. The molecular weight excluding hydrogens is 247 g/mol. The van der Waals surface area contributed by atoms with E-state index in [0.29, 0.717) is 0 Å². The largest absolute Gasteiger partial charge is 0.494 e. The molecule has 0 fully saturated rings. The minimum Gasteiger partial charge on any atom is -0.494 e. The molecule has 3 nitrogen and oxygen atoms in total. The van der Waals surface area contributed by atoms with Gasteiger partial charge in [0.2, 0.25) is 0 Å². The molecule has 0 aliphatic rings. The van der Waals surface area contributed by atoms with Gasteiger partial charge in [-0.25, -0.2) is 13.2 Å². The molecule has 1 aromatic rings. The Kier molecular flexibility index (Phi) is 5.94. The van der Waals surface area contributed by atoms with Crippen molar-refractivity contribution in [3.63, 3.8) is 0 Å². The first-order valence-electron chi connectivity index (χ1n) is 5.51. The number of methoxy groups -OCH3 is 1. The Morgan fingerprint density at radius 1 is 1.39 bits per heavy atom. The number of nitrogens with zero attached hydrogens (tertiary/aromatic N) is 1. The highest BCUT2D eigenvalue weighted by atomic mass is 19.3. The minimum atomic E-state index is -2.52. The van der Waals surface area contributed by atoms with Crippen molar-refractivity contribution in [2.75, 3.05) is 26.8 Å². The molecule has 1 N–H and O–H groups in total. The van der Waals surface area contributed by atoms with Crippen LogP contribution in [0.5, 0.6) is 5.75 Å².